The lowest BCUT2D eigenvalue weighted by Gasteiger charge is -2.14. The van der Waals surface area contributed by atoms with E-state index in [2.05, 4.69) is 19.6 Å². The van der Waals surface area contributed by atoms with E-state index in [0.717, 1.165) is 12.3 Å². The average Bonchev–Trinajstić information content (AvgIpc) is 3.67. The number of nitrogens with zero attached hydrogens (tertiary/aromatic N) is 3. The zero-order valence-corrected chi connectivity index (χ0v) is 26.6. The van der Waals surface area contributed by atoms with Crippen LogP contribution in [0.25, 0.3) is 45.0 Å². The maximum absolute atomic E-state index is 15.2. The van der Waals surface area contributed by atoms with Gasteiger partial charge in [0.25, 0.3) is 0 Å². The van der Waals surface area contributed by atoms with Gasteiger partial charge in [0.1, 0.15) is 23.3 Å². The summed E-state index contributed by atoms with van der Waals surface area (Å²) in [4.78, 5) is 15.5. The molecular weight excluding hydrogens is 657 g/mol. The number of amides is 1. The number of aromatic nitrogens is 3. The molecule has 6 rings (SSSR count). The number of carbonyl (C=O) groups is 1. The fourth-order valence-electron chi connectivity index (χ4n) is 5.47. The van der Waals surface area contributed by atoms with Crippen molar-refractivity contribution in [2.24, 2.45) is 12.8 Å². The van der Waals surface area contributed by atoms with Crippen LogP contribution in [-0.4, -0.2) is 46.9 Å². The van der Waals surface area contributed by atoms with Crippen LogP contribution >= 0.6 is 0 Å². The van der Waals surface area contributed by atoms with Crippen molar-refractivity contribution in [3.63, 3.8) is 0 Å². The Kier molecular flexibility index (Phi) is 7.95. The van der Waals surface area contributed by atoms with Crippen molar-refractivity contribution in [2.45, 2.75) is 37.7 Å². The Morgan fingerprint density at radius 2 is 1.75 bits per heavy atom. The van der Waals surface area contributed by atoms with E-state index in [9.17, 15) is 27.1 Å². The average molecular weight is 685 g/mol. The molecule has 0 saturated heterocycles. The highest BCUT2D eigenvalue weighted by Gasteiger charge is 2.43. The van der Waals surface area contributed by atoms with Gasteiger partial charge in [-0.2, -0.15) is 5.10 Å². The van der Waals surface area contributed by atoms with Gasteiger partial charge < -0.3 is 29.5 Å². The molecule has 1 amide bonds. The van der Waals surface area contributed by atoms with Crippen LogP contribution in [0.4, 0.5) is 18.0 Å². The molecule has 1 atom stereocenters. The van der Waals surface area contributed by atoms with E-state index in [1.165, 1.54) is 28.9 Å². The zero-order valence-electron chi connectivity index (χ0n) is 25.7. The van der Waals surface area contributed by atoms with Gasteiger partial charge in [0, 0.05) is 42.5 Å². The summed E-state index contributed by atoms with van der Waals surface area (Å²) < 4.78 is 89.8. The molecule has 2 aromatic heterocycles. The predicted octanol–water partition coefficient (Wildman–Crippen LogP) is 5.90. The number of sulfone groups is 1. The first-order chi connectivity index (χ1) is 22.5. The van der Waals surface area contributed by atoms with Crippen LogP contribution in [-0.2, 0) is 28.2 Å². The number of aliphatic hydroxyl groups is 1. The highest BCUT2D eigenvalue weighted by Crippen LogP contribution is 2.46. The molecule has 3 N–H and O–H groups in total. The number of aryl methyl sites for hydroxylation is 2. The molecule has 1 unspecified atom stereocenters. The summed E-state index contributed by atoms with van der Waals surface area (Å²) in [5.41, 5.74) is 7.70. The summed E-state index contributed by atoms with van der Waals surface area (Å²) in [6.45, 7) is 2.34. The smallest absolute Gasteiger partial charge is 0.440 e. The Labute approximate surface area is 271 Å². The molecule has 3 heterocycles. The van der Waals surface area contributed by atoms with E-state index in [4.69, 9.17) is 14.9 Å². The van der Waals surface area contributed by atoms with E-state index in [1.54, 1.807) is 45.2 Å². The number of alkyl halides is 2. The van der Waals surface area contributed by atoms with Crippen molar-refractivity contribution < 1.29 is 50.1 Å². The van der Waals surface area contributed by atoms with Gasteiger partial charge >= 0.3 is 12.4 Å². The molecule has 0 radical (unpaired) electrons. The Balaban J connectivity index is 1.58. The number of fused-ring (bicyclic) bond motifs is 1. The molecule has 16 heteroatoms. The molecule has 1 aliphatic rings. The van der Waals surface area contributed by atoms with Gasteiger partial charge in [-0.1, -0.05) is 12.1 Å². The quantitative estimate of drug-likeness (QED) is 0.201. The monoisotopic (exact) mass is 684 g/mol. The normalized spacial score (nSPS) is 14.2. The zero-order chi connectivity index (χ0) is 34.7. The van der Waals surface area contributed by atoms with Gasteiger partial charge in [-0.05, 0) is 60.5 Å². The van der Waals surface area contributed by atoms with Gasteiger partial charge in [-0.15, -0.1) is 8.78 Å². The van der Waals surface area contributed by atoms with Crippen LogP contribution in [0.3, 0.4) is 0 Å². The molecule has 5 aromatic rings. The largest absolute Gasteiger partial charge is 0.586 e. The molecule has 0 spiro atoms. The maximum atomic E-state index is 15.2. The summed E-state index contributed by atoms with van der Waals surface area (Å²) in [6, 6.07) is 13.1. The summed E-state index contributed by atoms with van der Waals surface area (Å²) in [5, 5.41) is 14.2. The number of hydrogen-bond acceptors (Lipinski definition) is 10. The third-order valence-electron chi connectivity index (χ3n) is 7.60. The number of primary amides is 1. The minimum absolute atomic E-state index is 0.169. The maximum Gasteiger partial charge on any atom is 0.586 e. The fourth-order valence-corrected chi connectivity index (χ4v) is 6.42. The topological polar surface area (TPSA) is 169 Å². The number of ether oxygens (including phenoxy) is 3. The van der Waals surface area contributed by atoms with Crippen LogP contribution in [0, 0.1) is 12.7 Å². The minimum atomic E-state index is -3.94. The molecule has 0 bridgehead atoms. The van der Waals surface area contributed by atoms with Crippen molar-refractivity contribution in [3.8, 4) is 56.5 Å². The first kappa shape index (κ1) is 32.6. The fraction of sp³-hybridized carbons (Fsp3) is 0.219. The van der Waals surface area contributed by atoms with Crippen molar-refractivity contribution in [1.82, 2.24) is 14.8 Å². The number of halogens is 3. The molecule has 3 aromatic carbocycles. The van der Waals surface area contributed by atoms with Crippen molar-refractivity contribution in [3.05, 3.63) is 77.6 Å². The standard InChI is InChI=1S/C32H27F3N4O8S/c1-15(44-31(36)41)24-13-25(39(3)38-24)20-7-5-17(19-10-23(33)22(14-40)28(12-19)48(4,42)43)9-21(20)30-29(37-16(2)45-30)18-6-8-26-27(11-18)47-32(34,35)46-26/h5-13,15,40H,14H2,1-4H3,(H2,36,41). The number of nitrogens with two attached hydrogens (primary N) is 1. The number of oxazole rings is 1. The number of hydrogen-bond donors (Lipinski definition) is 2. The van der Waals surface area contributed by atoms with E-state index in [0.29, 0.717) is 33.6 Å². The second-order valence-electron chi connectivity index (χ2n) is 11.0. The van der Waals surface area contributed by atoms with Gasteiger partial charge in [0.15, 0.2) is 33.0 Å². The predicted molar refractivity (Wildman–Crippen MR) is 164 cm³/mol. The van der Waals surface area contributed by atoms with E-state index < -0.39 is 40.8 Å². The molecule has 0 saturated carbocycles. The van der Waals surface area contributed by atoms with E-state index in [-0.39, 0.29) is 44.9 Å². The molecule has 1 aliphatic heterocycles. The van der Waals surface area contributed by atoms with Crippen LogP contribution in [0.15, 0.2) is 63.9 Å². The molecule has 250 valence electrons. The first-order valence-corrected chi connectivity index (χ1v) is 16.1. The van der Waals surface area contributed by atoms with E-state index in [1.807, 2.05) is 0 Å². The minimum Gasteiger partial charge on any atom is -0.440 e. The van der Waals surface area contributed by atoms with Gasteiger partial charge in [-0.25, -0.2) is 22.6 Å². The molecule has 12 nitrogen and oxygen atoms in total. The highest BCUT2D eigenvalue weighted by atomic mass is 32.2. The Morgan fingerprint density at radius 1 is 1.04 bits per heavy atom. The van der Waals surface area contributed by atoms with Crippen LogP contribution in [0.5, 0.6) is 11.5 Å². The Hall–Kier alpha value is -5.35. The number of rotatable bonds is 8. The SMILES string of the molecule is Cc1nc(-c2ccc3c(c2)OC(F)(F)O3)c(-c2cc(-c3cc(F)c(CO)c(S(C)(=O)=O)c3)ccc2-c2cc(C(C)OC(N)=O)nn2C)o1. The lowest BCUT2D eigenvalue weighted by Crippen LogP contribution is -2.25. The summed E-state index contributed by atoms with van der Waals surface area (Å²) in [7, 11) is -2.29. The molecule has 48 heavy (non-hydrogen) atoms. The number of aliphatic hydroxyl groups excluding tert-OH is 1. The van der Waals surface area contributed by atoms with Gasteiger partial charge in [0.05, 0.1) is 17.2 Å². The first-order valence-electron chi connectivity index (χ1n) is 14.2. The van der Waals surface area contributed by atoms with Gasteiger partial charge in [-0.3, -0.25) is 4.68 Å². The summed E-state index contributed by atoms with van der Waals surface area (Å²) in [6.07, 6.45) is -4.73. The third-order valence-corrected chi connectivity index (χ3v) is 8.77. The lowest BCUT2D eigenvalue weighted by molar-refractivity contribution is -0.286. The number of benzene rings is 3. The van der Waals surface area contributed by atoms with Crippen LogP contribution in [0.1, 0.15) is 30.2 Å². The lowest BCUT2D eigenvalue weighted by atomic mass is 9.93. The van der Waals surface area contributed by atoms with Crippen molar-refractivity contribution >= 4 is 15.9 Å². The Bertz CT molecular complexity index is 2210. The van der Waals surface area contributed by atoms with Crippen molar-refractivity contribution in [1.29, 1.82) is 0 Å². The van der Waals surface area contributed by atoms with Crippen molar-refractivity contribution in [2.75, 3.05) is 6.26 Å². The summed E-state index contributed by atoms with van der Waals surface area (Å²) in [5.74, 6) is -0.918. The van der Waals surface area contributed by atoms with Crippen LogP contribution in [0.2, 0.25) is 0 Å². The Morgan fingerprint density at radius 3 is 2.44 bits per heavy atom. The molecule has 0 aliphatic carbocycles. The number of carbonyl (C=O) groups excluding carboxylic acids is 1. The summed E-state index contributed by atoms with van der Waals surface area (Å²) >= 11 is 0. The van der Waals surface area contributed by atoms with Gasteiger partial charge in [0.2, 0.25) is 0 Å². The van der Waals surface area contributed by atoms with Crippen LogP contribution < -0.4 is 15.2 Å². The highest BCUT2D eigenvalue weighted by molar-refractivity contribution is 7.90. The second-order valence-corrected chi connectivity index (χ2v) is 13.0. The second kappa shape index (κ2) is 11.7. The molecule has 0 fully saturated rings. The van der Waals surface area contributed by atoms with E-state index >= 15 is 4.39 Å². The third kappa shape index (κ3) is 6.06. The molecular formula is C32H27F3N4O8S.